The van der Waals surface area contributed by atoms with Crippen LogP contribution in [0, 0.1) is 6.92 Å². The Morgan fingerprint density at radius 2 is 2.15 bits per heavy atom. The molecule has 2 aromatic rings. The van der Waals surface area contributed by atoms with Crippen molar-refractivity contribution in [2.45, 2.75) is 6.92 Å². The number of carbonyl (C=O) groups is 1. The molecular weight excluding hydrogens is 322 g/mol. The van der Waals surface area contributed by atoms with Crippen molar-refractivity contribution in [3.8, 4) is 0 Å². The van der Waals surface area contributed by atoms with Crippen molar-refractivity contribution in [2.24, 2.45) is 0 Å². The third kappa shape index (κ3) is 3.08. The first kappa shape index (κ1) is 14.3. The van der Waals surface area contributed by atoms with E-state index in [1.165, 1.54) is 19.4 Å². The summed E-state index contributed by atoms with van der Waals surface area (Å²) in [6.07, 6.45) is 1.49. The van der Waals surface area contributed by atoms with Crippen molar-refractivity contribution in [1.29, 1.82) is 0 Å². The molecule has 0 fully saturated rings. The third-order valence-electron chi connectivity index (χ3n) is 2.77. The van der Waals surface area contributed by atoms with E-state index in [9.17, 15) is 4.79 Å². The van der Waals surface area contributed by atoms with Gasteiger partial charge in [-0.15, -0.1) is 0 Å². The number of methoxy groups -OCH3 is 1. The maximum absolute atomic E-state index is 11.8. The smallest absolute Gasteiger partial charge is 0.341 e. The lowest BCUT2D eigenvalue weighted by Crippen LogP contribution is -2.08. The molecule has 2 rings (SSSR count). The number of aryl methyl sites for hydroxylation is 1. The van der Waals surface area contributed by atoms with E-state index in [0.29, 0.717) is 17.1 Å². The zero-order valence-corrected chi connectivity index (χ0v) is 12.7. The van der Waals surface area contributed by atoms with Gasteiger partial charge < -0.3 is 15.8 Å². The van der Waals surface area contributed by atoms with Crippen LogP contribution in [-0.4, -0.2) is 18.1 Å². The normalized spacial score (nSPS) is 10.2. The van der Waals surface area contributed by atoms with Crippen LogP contribution >= 0.6 is 15.9 Å². The molecule has 0 amide bonds. The molecule has 1 heterocycles. The molecule has 0 saturated heterocycles. The van der Waals surface area contributed by atoms with Gasteiger partial charge in [0.15, 0.2) is 0 Å². The minimum Gasteiger partial charge on any atom is -0.465 e. The predicted octanol–water partition coefficient (Wildman–Crippen LogP) is 3.26. The number of nitrogens with zero attached hydrogens (tertiary/aromatic N) is 1. The average molecular weight is 336 g/mol. The molecule has 20 heavy (non-hydrogen) atoms. The SMILES string of the molecule is COC(=O)c1cc(N)cnc1Nc1cc(Br)ccc1C. The first-order valence-corrected chi connectivity index (χ1v) is 6.67. The van der Waals surface area contributed by atoms with E-state index in [1.807, 2.05) is 25.1 Å². The van der Waals surface area contributed by atoms with Gasteiger partial charge in [0.25, 0.3) is 0 Å². The summed E-state index contributed by atoms with van der Waals surface area (Å²) in [5.74, 6) is -0.0767. The number of carbonyl (C=O) groups excluding carboxylic acids is 1. The van der Waals surface area contributed by atoms with Crippen LogP contribution in [0.15, 0.2) is 34.9 Å². The lowest BCUT2D eigenvalue weighted by atomic mass is 10.2. The number of halogens is 1. The van der Waals surface area contributed by atoms with E-state index in [2.05, 4.69) is 26.2 Å². The Balaban J connectivity index is 2.43. The number of nitrogens with one attached hydrogen (secondary N) is 1. The molecule has 0 aliphatic rings. The number of rotatable bonds is 3. The van der Waals surface area contributed by atoms with E-state index in [1.54, 1.807) is 0 Å². The summed E-state index contributed by atoms with van der Waals surface area (Å²) in [6, 6.07) is 7.35. The number of hydrogen-bond donors (Lipinski definition) is 2. The molecule has 5 nitrogen and oxygen atoms in total. The van der Waals surface area contributed by atoms with Crippen molar-refractivity contribution < 1.29 is 9.53 Å². The van der Waals surface area contributed by atoms with Gasteiger partial charge in [0.2, 0.25) is 0 Å². The Bertz CT molecular complexity index is 659. The number of esters is 1. The van der Waals surface area contributed by atoms with E-state index in [-0.39, 0.29) is 0 Å². The Morgan fingerprint density at radius 3 is 2.85 bits per heavy atom. The van der Waals surface area contributed by atoms with Gasteiger partial charge in [-0.1, -0.05) is 22.0 Å². The summed E-state index contributed by atoms with van der Waals surface area (Å²) in [7, 11) is 1.32. The highest BCUT2D eigenvalue weighted by Crippen LogP contribution is 2.26. The first-order chi connectivity index (χ1) is 9.51. The molecular formula is C14H14BrN3O2. The van der Waals surface area contributed by atoms with Gasteiger partial charge in [0, 0.05) is 10.2 Å². The molecule has 0 saturated carbocycles. The Morgan fingerprint density at radius 1 is 1.40 bits per heavy atom. The van der Waals surface area contributed by atoms with Crippen LogP contribution in [0.25, 0.3) is 0 Å². The third-order valence-corrected chi connectivity index (χ3v) is 3.26. The number of nitrogens with two attached hydrogens (primary N) is 1. The molecule has 0 atom stereocenters. The summed E-state index contributed by atoms with van der Waals surface area (Å²) >= 11 is 3.41. The molecule has 0 aliphatic carbocycles. The number of pyridine rings is 1. The van der Waals surface area contributed by atoms with Crippen LogP contribution in [-0.2, 0) is 4.74 Å². The van der Waals surface area contributed by atoms with Crippen LogP contribution in [0.4, 0.5) is 17.2 Å². The zero-order chi connectivity index (χ0) is 14.7. The van der Waals surface area contributed by atoms with E-state index in [0.717, 1.165) is 15.7 Å². The second kappa shape index (κ2) is 5.92. The minimum absolute atomic E-state index is 0.298. The van der Waals surface area contributed by atoms with Gasteiger partial charge in [-0.05, 0) is 30.7 Å². The summed E-state index contributed by atoms with van der Waals surface area (Å²) in [6.45, 7) is 1.96. The van der Waals surface area contributed by atoms with Crippen molar-refractivity contribution in [1.82, 2.24) is 4.98 Å². The predicted molar refractivity (Wildman–Crippen MR) is 82.2 cm³/mol. The van der Waals surface area contributed by atoms with Gasteiger partial charge in [0.1, 0.15) is 11.4 Å². The second-order valence-electron chi connectivity index (χ2n) is 4.24. The van der Waals surface area contributed by atoms with Crippen LogP contribution < -0.4 is 11.1 Å². The second-order valence-corrected chi connectivity index (χ2v) is 5.16. The van der Waals surface area contributed by atoms with Gasteiger partial charge in [0.05, 0.1) is 19.0 Å². The van der Waals surface area contributed by atoms with Crippen molar-refractivity contribution in [3.63, 3.8) is 0 Å². The Hall–Kier alpha value is -2.08. The lowest BCUT2D eigenvalue weighted by Gasteiger charge is -2.12. The van der Waals surface area contributed by atoms with E-state index < -0.39 is 5.97 Å². The summed E-state index contributed by atoms with van der Waals surface area (Å²) < 4.78 is 5.67. The average Bonchev–Trinajstić information content (AvgIpc) is 2.43. The quantitative estimate of drug-likeness (QED) is 0.842. The molecule has 0 unspecified atom stereocenters. The lowest BCUT2D eigenvalue weighted by molar-refractivity contribution is 0.0601. The number of aromatic nitrogens is 1. The van der Waals surface area contributed by atoms with Crippen molar-refractivity contribution >= 4 is 39.1 Å². The molecule has 6 heteroatoms. The fourth-order valence-corrected chi connectivity index (χ4v) is 2.06. The molecule has 1 aromatic heterocycles. The largest absolute Gasteiger partial charge is 0.465 e. The van der Waals surface area contributed by atoms with E-state index in [4.69, 9.17) is 10.5 Å². The van der Waals surface area contributed by atoms with Gasteiger partial charge >= 0.3 is 5.97 Å². The van der Waals surface area contributed by atoms with Crippen LogP contribution in [0.5, 0.6) is 0 Å². The molecule has 0 bridgehead atoms. The van der Waals surface area contributed by atoms with Crippen molar-refractivity contribution in [2.75, 3.05) is 18.2 Å². The van der Waals surface area contributed by atoms with Gasteiger partial charge in [-0.25, -0.2) is 9.78 Å². The highest BCUT2D eigenvalue weighted by molar-refractivity contribution is 9.10. The highest BCUT2D eigenvalue weighted by Gasteiger charge is 2.14. The molecule has 1 aromatic carbocycles. The Kier molecular flexibility index (Phi) is 4.24. The fraction of sp³-hybridized carbons (Fsp3) is 0.143. The fourth-order valence-electron chi connectivity index (χ4n) is 1.70. The van der Waals surface area contributed by atoms with Crippen LogP contribution in [0.1, 0.15) is 15.9 Å². The molecule has 104 valence electrons. The van der Waals surface area contributed by atoms with E-state index >= 15 is 0 Å². The Labute approximate surface area is 125 Å². The topological polar surface area (TPSA) is 77.2 Å². The first-order valence-electron chi connectivity index (χ1n) is 5.88. The monoisotopic (exact) mass is 335 g/mol. The molecule has 0 radical (unpaired) electrons. The number of nitrogen functional groups attached to an aromatic ring is 1. The van der Waals surface area contributed by atoms with Crippen molar-refractivity contribution in [3.05, 3.63) is 46.1 Å². The van der Waals surface area contributed by atoms with Gasteiger partial charge in [-0.2, -0.15) is 0 Å². The number of ether oxygens (including phenoxy) is 1. The summed E-state index contributed by atoms with van der Waals surface area (Å²) in [5.41, 5.74) is 8.24. The zero-order valence-electron chi connectivity index (χ0n) is 11.1. The summed E-state index contributed by atoms with van der Waals surface area (Å²) in [5, 5.41) is 3.13. The van der Waals surface area contributed by atoms with Crippen LogP contribution in [0.3, 0.4) is 0 Å². The van der Waals surface area contributed by atoms with Gasteiger partial charge in [-0.3, -0.25) is 0 Å². The standard InChI is InChI=1S/C14H14BrN3O2/c1-8-3-4-9(15)5-12(8)18-13-11(14(19)20-2)6-10(16)7-17-13/h3-7H,16H2,1-2H3,(H,17,18). The maximum atomic E-state index is 11.8. The number of hydrogen-bond acceptors (Lipinski definition) is 5. The molecule has 0 spiro atoms. The number of anilines is 3. The molecule has 0 aliphatic heterocycles. The number of benzene rings is 1. The van der Waals surface area contributed by atoms with Crippen LogP contribution in [0.2, 0.25) is 0 Å². The highest BCUT2D eigenvalue weighted by atomic mass is 79.9. The molecule has 3 N–H and O–H groups in total. The minimum atomic E-state index is -0.486. The summed E-state index contributed by atoms with van der Waals surface area (Å²) in [4.78, 5) is 15.9. The maximum Gasteiger partial charge on any atom is 0.341 e.